The van der Waals surface area contributed by atoms with Gasteiger partial charge in [0.2, 0.25) is 0 Å². The molecule has 0 radical (unpaired) electrons. The van der Waals surface area contributed by atoms with Gasteiger partial charge in [-0.3, -0.25) is 4.79 Å². The Labute approximate surface area is 108 Å². The zero-order valence-electron chi connectivity index (χ0n) is 9.74. The van der Waals surface area contributed by atoms with Gasteiger partial charge in [0.05, 0.1) is 18.1 Å². The lowest BCUT2D eigenvalue weighted by molar-refractivity contribution is -0.138. The standard InChI is InChI=1S/C12H13N3O2S/c16-10(17)7-12(2-3-12)8-18-11-9-1-4-14-15(9)6-5-13-11/h1,4-6H,2-3,7-8H2,(H,16,17). The Kier molecular flexibility index (Phi) is 2.74. The first-order valence-corrected chi connectivity index (χ1v) is 6.80. The largest absolute Gasteiger partial charge is 0.481 e. The Balaban J connectivity index is 1.74. The van der Waals surface area contributed by atoms with Gasteiger partial charge < -0.3 is 5.11 Å². The Bertz CT molecular complexity index is 592. The summed E-state index contributed by atoms with van der Waals surface area (Å²) in [7, 11) is 0. The topological polar surface area (TPSA) is 67.5 Å². The van der Waals surface area contributed by atoms with Crippen molar-refractivity contribution in [2.45, 2.75) is 24.3 Å². The highest BCUT2D eigenvalue weighted by atomic mass is 32.2. The minimum Gasteiger partial charge on any atom is -0.481 e. The summed E-state index contributed by atoms with van der Waals surface area (Å²) in [6, 6.07) is 1.92. The molecule has 3 rings (SSSR count). The third-order valence-corrected chi connectivity index (χ3v) is 4.63. The fourth-order valence-corrected chi connectivity index (χ4v) is 3.31. The number of aliphatic carboxylic acids is 1. The van der Waals surface area contributed by atoms with Gasteiger partial charge in [0, 0.05) is 18.1 Å². The van der Waals surface area contributed by atoms with Crippen LogP contribution >= 0.6 is 11.8 Å². The van der Waals surface area contributed by atoms with Gasteiger partial charge in [0.1, 0.15) is 5.03 Å². The van der Waals surface area contributed by atoms with E-state index in [-0.39, 0.29) is 11.8 Å². The van der Waals surface area contributed by atoms with Crippen LogP contribution in [0.3, 0.4) is 0 Å². The number of carbonyl (C=O) groups is 1. The lowest BCUT2D eigenvalue weighted by Crippen LogP contribution is -2.11. The second-order valence-corrected chi connectivity index (χ2v) is 5.72. The van der Waals surface area contributed by atoms with E-state index in [1.807, 2.05) is 12.3 Å². The predicted octanol–water partition coefficient (Wildman–Crippen LogP) is 2.08. The molecule has 94 valence electrons. The summed E-state index contributed by atoms with van der Waals surface area (Å²) in [5.41, 5.74) is 0.971. The summed E-state index contributed by atoms with van der Waals surface area (Å²) in [4.78, 5) is 15.1. The smallest absolute Gasteiger partial charge is 0.303 e. The van der Waals surface area contributed by atoms with Gasteiger partial charge in [-0.25, -0.2) is 9.50 Å². The Morgan fingerprint density at radius 1 is 1.50 bits per heavy atom. The first-order valence-electron chi connectivity index (χ1n) is 5.82. The molecule has 1 aliphatic carbocycles. The molecule has 1 fully saturated rings. The van der Waals surface area contributed by atoms with E-state index in [1.165, 1.54) is 0 Å². The molecule has 2 aromatic heterocycles. The maximum atomic E-state index is 10.8. The van der Waals surface area contributed by atoms with E-state index in [0.29, 0.717) is 0 Å². The Morgan fingerprint density at radius 3 is 3.06 bits per heavy atom. The minimum atomic E-state index is -0.705. The van der Waals surface area contributed by atoms with E-state index in [0.717, 1.165) is 29.1 Å². The number of aromatic nitrogens is 3. The fraction of sp³-hybridized carbons (Fsp3) is 0.417. The summed E-state index contributed by atoms with van der Waals surface area (Å²) in [6.45, 7) is 0. The quantitative estimate of drug-likeness (QED) is 0.836. The van der Waals surface area contributed by atoms with Gasteiger partial charge in [-0.05, 0) is 24.3 Å². The Morgan fingerprint density at radius 2 is 2.33 bits per heavy atom. The minimum absolute atomic E-state index is 0.00890. The molecule has 0 spiro atoms. The predicted molar refractivity (Wildman–Crippen MR) is 67.6 cm³/mol. The van der Waals surface area contributed by atoms with Gasteiger partial charge in [-0.2, -0.15) is 5.10 Å². The second-order valence-electron chi connectivity index (χ2n) is 4.75. The number of hydrogen-bond acceptors (Lipinski definition) is 4. The number of thioether (sulfide) groups is 1. The highest BCUT2D eigenvalue weighted by Gasteiger charge is 2.44. The lowest BCUT2D eigenvalue weighted by Gasteiger charge is -2.11. The van der Waals surface area contributed by atoms with Gasteiger partial charge >= 0.3 is 5.97 Å². The summed E-state index contributed by atoms with van der Waals surface area (Å²) < 4.78 is 1.78. The van der Waals surface area contributed by atoms with E-state index in [1.54, 1.807) is 28.7 Å². The van der Waals surface area contributed by atoms with Crippen LogP contribution in [0.5, 0.6) is 0 Å². The molecular weight excluding hydrogens is 250 g/mol. The molecule has 18 heavy (non-hydrogen) atoms. The maximum Gasteiger partial charge on any atom is 0.303 e. The van der Waals surface area contributed by atoms with E-state index in [9.17, 15) is 4.79 Å². The molecule has 0 saturated heterocycles. The average Bonchev–Trinajstić information content (AvgIpc) is 2.91. The molecule has 1 saturated carbocycles. The normalized spacial score (nSPS) is 16.9. The molecule has 0 bridgehead atoms. The van der Waals surface area contributed by atoms with Crippen molar-refractivity contribution in [3.05, 3.63) is 24.7 Å². The second kappa shape index (κ2) is 4.28. The van der Waals surface area contributed by atoms with Crippen LogP contribution in [-0.2, 0) is 4.79 Å². The fourth-order valence-electron chi connectivity index (χ4n) is 2.04. The number of hydrogen-bond donors (Lipinski definition) is 1. The zero-order chi connectivity index (χ0) is 12.6. The molecule has 6 heteroatoms. The molecule has 1 N–H and O–H groups in total. The average molecular weight is 263 g/mol. The van der Waals surface area contributed by atoms with E-state index < -0.39 is 5.97 Å². The summed E-state index contributed by atoms with van der Waals surface area (Å²) in [5, 5.41) is 14.0. The van der Waals surface area contributed by atoms with Crippen molar-refractivity contribution in [1.82, 2.24) is 14.6 Å². The van der Waals surface area contributed by atoms with Crippen molar-refractivity contribution in [3.63, 3.8) is 0 Å². The molecule has 0 atom stereocenters. The molecular formula is C12H13N3O2S. The van der Waals surface area contributed by atoms with Crippen LogP contribution in [0.2, 0.25) is 0 Å². The molecule has 0 aliphatic heterocycles. The van der Waals surface area contributed by atoms with Gasteiger partial charge in [-0.15, -0.1) is 11.8 Å². The Hall–Kier alpha value is -1.56. The van der Waals surface area contributed by atoms with Gasteiger partial charge in [-0.1, -0.05) is 0 Å². The lowest BCUT2D eigenvalue weighted by atomic mass is 10.1. The van der Waals surface area contributed by atoms with Gasteiger partial charge in [0.15, 0.2) is 0 Å². The van der Waals surface area contributed by atoms with Crippen LogP contribution in [0.25, 0.3) is 5.52 Å². The van der Waals surface area contributed by atoms with Crippen molar-refractivity contribution in [2.24, 2.45) is 5.41 Å². The van der Waals surface area contributed by atoms with Crippen molar-refractivity contribution < 1.29 is 9.90 Å². The molecule has 2 aromatic rings. The van der Waals surface area contributed by atoms with Crippen molar-refractivity contribution in [3.8, 4) is 0 Å². The van der Waals surface area contributed by atoms with E-state index in [4.69, 9.17) is 5.11 Å². The number of rotatable bonds is 5. The monoisotopic (exact) mass is 263 g/mol. The van der Waals surface area contributed by atoms with Crippen molar-refractivity contribution >= 4 is 23.2 Å². The summed E-state index contributed by atoms with van der Waals surface area (Å²) in [5.74, 6) is 0.112. The first-order chi connectivity index (χ1) is 8.69. The van der Waals surface area contributed by atoms with Crippen LogP contribution in [0.4, 0.5) is 0 Å². The van der Waals surface area contributed by atoms with Crippen molar-refractivity contribution in [1.29, 1.82) is 0 Å². The molecule has 0 unspecified atom stereocenters. The SMILES string of the molecule is O=C(O)CC1(CSc2nccn3nccc23)CC1. The van der Waals surface area contributed by atoms with Gasteiger partial charge in [0.25, 0.3) is 0 Å². The molecule has 2 heterocycles. The molecule has 0 amide bonds. The maximum absolute atomic E-state index is 10.8. The van der Waals surface area contributed by atoms with E-state index in [2.05, 4.69) is 10.1 Å². The van der Waals surface area contributed by atoms with Crippen molar-refractivity contribution in [2.75, 3.05) is 5.75 Å². The third-order valence-electron chi connectivity index (χ3n) is 3.29. The highest BCUT2D eigenvalue weighted by Crippen LogP contribution is 2.51. The zero-order valence-corrected chi connectivity index (χ0v) is 10.6. The van der Waals surface area contributed by atoms with Crippen LogP contribution in [-0.4, -0.2) is 31.4 Å². The van der Waals surface area contributed by atoms with Crippen LogP contribution in [0.1, 0.15) is 19.3 Å². The number of nitrogens with zero attached hydrogens (tertiary/aromatic N) is 3. The third kappa shape index (κ3) is 2.20. The molecule has 1 aliphatic rings. The summed E-state index contributed by atoms with van der Waals surface area (Å²) >= 11 is 1.63. The summed E-state index contributed by atoms with van der Waals surface area (Å²) in [6.07, 6.45) is 7.56. The number of fused-ring (bicyclic) bond motifs is 1. The number of carboxylic acid groups (broad SMARTS) is 1. The number of carboxylic acids is 1. The van der Waals surface area contributed by atoms with Crippen LogP contribution < -0.4 is 0 Å². The first kappa shape index (κ1) is 11.5. The molecule has 0 aromatic carbocycles. The van der Waals surface area contributed by atoms with Crippen LogP contribution in [0, 0.1) is 5.41 Å². The highest BCUT2D eigenvalue weighted by molar-refractivity contribution is 7.99. The van der Waals surface area contributed by atoms with Crippen LogP contribution in [0.15, 0.2) is 29.7 Å². The molecule has 5 nitrogen and oxygen atoms in total. The van der Waals surface area contributed by atoms with E-state index >= 15 is 0 Å².